The van der Waals surface area contributed by atoms with Crippen LogP contribution < -0.4 is 0 Å². The molecule has 0 saturated carbocycles. The van der Waals surface area contributed by atoms with Gasteiger partial charge >= 0.3 is 0 Å². The van der Waals surface area contributed by atoms with Gasteiger partial charge in [0, 0.05) is 18.2 Å². The van der Waals surface area contributed by atoms with E-state index in [4.69, 9.17) is 0 Å². The molecule has 17 heavy (non-hydrogen) atoms. The van der Waals surface area contributed by atoms with Gasteiger partial charge in [-0.3, -0.25) is 4.98 Å². The smallest absolute Gasteiger partial charge is 0.130 e. The highest BCUT2D eigenvalue weighted by atomic mass is 16.1. The van der Waals surface area contributed by atoms with Crippen molar-refractivity contribution in [2.45, 2.75) is 19.8 Å². The Balaban J connectivity index is 2.31. The quantitative estimate of drug-likeness (QED) is 0.799. The van der Waals surface area contributed by atoms with Crippen molar-refractivity contribution in [1.82, 2.24) is 4.98 Å². The molecular formula is C15H15NO. The third kappa shape index (κ3) is 3.00. The van der Waals surface area contributed by atoms with Gasteiger partial charge in [-0.25, -0.2) is 0 Å². The van der Waals surface area contributed by atoms with E-state index < -0.39 is 0 Å². The van der Waals surface area contributed by atoms with Gasteiger partial charge in [0.25, 0.3) is 0 Å². The number of nitrogens with zero attached hydrogens (tertiary/aromatic N) is 1. The Morgan fingerprint density at radius 2 is 1.88 bits per heavy atom. The maximum atomic E-state index is 11.0. The summed E-state index contributed by atoms with van der Waals surface area (Å²) in [4.78, 5) is 15.4. The van der Waals surface area contributed by atoms with Crippen molar-refractivity contribution in [3.8, 4) is 11.3 Å². The largest absolute Gasteiger partial charge is 0.300 e. The summed E-state index contributed by atoms with van der Waals surface area (Å²) < 4.78 is 0. The minimum absolute atomic E-state index is 0.223. The molecule has 0 aliphatic carbocycles. The van der Waals surface area contributed by atoms with E-state index in [1.54, 1.807) is 13.1 Å². The Morgan fingerprint density at radius 1 is 1.12 bits per heavy atom. The topological polar surface area (TPSA) is 30.0 Å². The van der Waals surface area contributed by atoms with Crippen molar-refractivity contribution in [3.05, 3.63) is 54.2 Å². The first-order valence-electron chi connectivity index (χ1n) is 5.76. The molecule has 0 amide bonds. The molecular weight excluding hydrogens is 210 g/mol. The van der Waals surface area contributed by atoms with Crippen LogP contribution in [0.5, 0.6) is 0 Å². The molecule has 1 aromatic heterocycles. The highest BCUT2D eigenvalue weighted by Gasteiger charge is 2.05. The summed E-state index contributed by atoms with van der Waals surface area (Å²) in [5.74, 6) is 0.223. The summed E-state index contributed by atoms with van der Waals surface area (Å²) in [7, 11) is 0. The molecule has 0 fully saturated rings. The van der Waals surface area contributed by atoms with Gasteiger partial charge in [-0.15, -0.1) is 0 Å². The molecule has 2 aromatic rings. The van der Waals surface area contributed by atoms with Crippen LogP contribution in [-0.2, 0) is 11.2 Å². The number of aryl methyl sites for hydroxylation is 1. The molecule has 0 unspecified atom stereocenters. The Kier molecular flexibility index (Phi) is 3.66. The van der Waals surface area contributed by atoms with Crippen molar-refractivity contribution < 1.29 is 4.79 Å². The highest BCUT2D eigenvalue weighted by Crippen LogP contribution is 2.22. The third-order valence-corrected chi connectivity index (χ3v) is 2.70. The number of benzene rings is 1. The Bertz CT molecular complexity index is 505. The van der Waals surface area contributed by atoms with Gasteiger partial charge in [-0.05, 0) is 31.0 Å². The SMILES string of the molecule is CC(=O)CCc1ccccc1-c1ccccn1. The lowest BCUT2D eigenvalue weighted by Crippen LogP contribution is -1.96. The van der Waals surface area contributed by atoms with E-state index >= 15 is 0 Å². The van der Waals surface area contributed by atoms with Gasteiger partial charge in [0.2, 0.25) is 0 Å². The Labute approximate surface area is 101 Å². The van der Waals surface area contributed by atoms with E-state index in [0.29, 0.717) is 6.42 Å². The van der Waals surface area contributed by atoms with Gasteiger partial charge in [-0.2, -0.15) is 0 Å². The van der Waals surface area contributed by atoms with Crippen LogP contribution in [0.25, 0.3) is 11.3 Å². The van der Waals surface area contributed by atoms with Crippen LogP contribution in [0, 0.1) is 0 Å². The van der Waals surface area contributed by atoms with Crippen LogP contribution in [0.2, 0.25) is 0 Å². The molecule has 0 aliphatic heterocycles. The zero-order chi connectivity index (χ0) is 12.1. The van der Waals surface area contributed by atoms with E-state index in [2.05, 4.69) is 17.1 Å². The molecule has 0 spiro atoms. The second kappa shape index (κ2) is 5.39. The second-order valence-corrected chi connectivity index (χ2v) is 4.07. The maximum Gasteiger partial charge on any atom is 0.130 e. The van der Waals surface area contributed by atoms with Gasteiger partial charge in [-0.1, -0.05) is 30.3 Å². The summed E-state index contributed by atoms with van der Waals surface area (Å²) in [6, 6.07) is 14.0. The van der Waals surface area contributed by atoms with E-state index in [0.717, 1.165) is 17.7 Å². The number of hydrogen-bond donors (Lipinski definition) is 0. The number of carbonyl (C=O) groups is 1. The van der Waals surface area contributed by atoms with Crippen LogP contribution >= 0.6 is 0 Å². The zero-order valence-electron chi connectivity index (χ0n) is 9.89. The summed E-state index contributed by atoms with van der Waals surface area (Å²) in [5, 5.41) is 0. The average Bonchev–Trinajstić information content (AvgIpc) is 2.38. The van der Waals surface area contributed by atoms with Crippen molar-refractivity contribution in [2.75, 3.05) is 0 Å². The van der Waals surface area contributed by atoms with Gasteiger partial charge in [0.05, 0.1) is 5.69 Å². The molecule has 2 nitrogen and oxygen atoms in total. The van der Waals surface area contributed by atoms with Crippen molar-refractivity contribution in [2.24, 2.45) is 0 Å². The standard InChI is InChI=1S/C15H15NO/c1-12(17)9-10-13-6-2-3-7-14(13)15-8-4-5-11-16-15/h2-8,11H,9-10H2,1H3. The van der Waals surface area contributed by atoms with Crippen molar-refractivity contribution in [1.29, 1.82) is 0 Å². The number of pyridine rings is 1. The number of aromatic nitrogens is 1. The molecule has 1 heterocycles. The molecule has 86 valence electrons. The van der Waals surface area contributed by atoms with Gasteiger partial charge < -0.3 is 4.79 Å². The van der Waals surface area contributed by atoms with Crippen LogP contribution in [0.3, 0.4) is 0 Å². The fourth-order valence-electron chi connectivity index (χ4n) is 1.82. The zero-order valence-corrected chi connectivity index (χ0v) is 9.89. The number of rotatable bonds is 4. The number of carbonyl (C=O) groups excluding carboxylic acids is 1. The first-order valence-corrected chi connectivity index (χ1v) is 5.76. The molecule has 0 N–H and O–H groups in total. The van der Waals surface area contributed by atoms with Crippen molar-refractivity contribution >= 4 is 5.78 Å². The van der Waals surface area contributed by atoms with E-state index in [9.17, 15) is 4.79 Å². The normalized spacial score (nSPS) is 10.2. The summed E-state index contributed by atoms with van der Waals surface area (Å²) in [5.41, 5.74) is 3.27. The first-order chi connectivity index (χ1) is 8.27. The lowest BCUT2D eigenvalue weighted by Gasteiger charge is -2.07. The van der Waals surface area contributed by atoms with E-state index in [1.165, 1.54) is 5.56 Å². The molecule has 1 aromatic carbocycles. The number of Topliss-reactive ketones (excluding diaryl/α,β-unsaturated/α-hetero) is 1. The van der Waals surface area contributed by atoms with E-state index in [-0.39, 0.29) is 5.78 Å². The minimum atomic E-state index is 0.223. The summed E-state index contributed by atoms with van der Waals surface area (Å²) in [6.07, 6.45) is 3.16. The fraction of sp³-hybridized carbons (Fsp3) is 0.200. The van der Waals surface area contributed by atoms with Gasteiger partial charge in [0.1, 0.15) is 5.78 Å². The van der Waals surface area contributed by atoms with Crippen LogP contribution in [0.4, 0.5) is 0 Å². The highest BCUT2D eigenvalue weighted by molar-refractivity contribution is 5.76. The van der Waals surface area contributed by atoms with Crippen LogP contribution in [0.1, 0.15) is 18.9 Å². The molecule has 2 heteroatoms. The fourth-order valence-corrected chi connectivity index (χ4v) is 1.82. The predicted octanol–water partition coefficient (Wildman–Crippen LogP) is 3.27. The second-order valence-electron chi connectivity index (χ2n) is 4.07. The Morgan fingerprint density at radius 3 is 2.59 bits per heavy atom. The first kappa shape index (κ1) is 11.5. The summed E-state index contributed by atoms with van der Waals surface area (Å²) >= 11 is 0. The lowest BCUT2D eigenvalue weighted by atomic mass is 9.99. The number of hydrogen-bond acceptors (Lipinski definition) is 2. The molecule has 0 saturated heterocycles. The Hall–Kier alpha value is -1.96. The lowest BCUT2D eigenvalue weighted by molar-refractivity contribution is -0.116. The molecule has 0 radical (unpaired) electrons. The average molecular weight is 225 g/mol. The monoisotopic (exact) mass is 225 g/mol. The summed E-state index contributed by atoms with van der Waals surface area (Å²) in [6.45, 7) is 1.63. The third-order valence-electron chi connectivity index (χ3n) is 2.70. The van der Waals surface area contributed by atoms with E-state index in [1.807, 2.05) is 30.3 Å². The molecule has 0 aliphatic rings. The maximum absolute atomic E-state index is 11.0. The van der Waals surface area contributed by atoms with Crippen LogP contribution in [-0.4, -0.2) is 10.8 Å². The molecule has 0 bridgehead atoms. The molecule has 2 rings (SSSR count). The molecule has 0 atom stereocenters. The van der Waals surface area contributed by atoms with Gasteiger partial charge in [0.15, 0.2) is 0 Å². The van der Waals surface area contributed by atoms with Crippen molar-refractivity contribution in [3.63, 3.8) is 0 Å². The number of ketones is 1. The minimum Gasteiger partial charge on any atom is -0.300 e. The van der Waals surface area contributed by atoms with Crippen LogP contribution in [0.15, 0.2) is 48.7 Å². The predicted molar refractivity (Wildman–Crippen MR) is 68.7 cm³/mol.